The molecule has 7 aliphatic rings. The first-order valence-electron chi connectivity index (χ1n) is 46.2. The summed E-state index contributed by atoms with van der Waals surface area (Å²) in [5.74, 6) is 4.55. The molecular formula is C104H148F4O6. The SMILES string of the molecule is CCCC1CCC(C2CCC(c3ccc(CC(C)CC)cc3)CC2)CC1.CCCCCCC(C)Oc1c(F)cc(-c2ccc(C34CCC(CCC)(CC3)CC4)cc2)cc1F.CCCCCCC(C)Oc1c(F)cc(C2CCC(C3CCC(CCC)CC3)CC2)cc1F.Cc1ccc(C(=O)Oc2ccc(C(=O)OC(C)C)cc2)cc1. The summed E-state index contributed by atoms with van der Waals surface area (Å²) >= 11 is 0. The number of carbonyl (C=O) groups is 2. The molecule has 2 bridgehead atoms. The molecule has 7 aliphatic carbocycles. The maximum atomic E-state index is 14.8. The van der Waals surface area contributed by atoms with Crippen molar-refractivity contribution in [2.24, 2.45) is 46.8 Å². The molecule has 0 spiro atoms. The van der Waals surface area contributed by atoms with Gasteiger partial charge in [0.15, 0.2) is 34.8 Å². The van der Waals surface area contributed by atoms with Gasteiger partial charge in [0, 0.05) is 0 Å². The highest BCUT2D eigenvalue weighted by Crippen LogP contribution is 2.60. The molecule has 7 fully saturated rings. The molecule has 10 heteroatoms. The molecule has 13 rings (SSSR count). The number of carbonyl (C=O) groups excluding carboxylic acids is 2. The Hall–Kier alpha value is -6.42. The largest absolute Gasteiger partial charge is 0.485 e. The summed E-state index contributed by atoms with van der Waals surface area (Å²) in [7, 11) is 0. The van der Waals surface area contributed by atoms with Crippen LogP contribution in [0.4, 0.5) is 17.6 Å². The van der Waals surface area contributed by atoms with Crippen LogP contribution in [-0.2, 0) is 16.6 Å². The monoisotopic (exact) mass is 1570 g/mol. The Kier molecular flexibility index (Phi) is 37.4. The molecular weight excluding hydrogens is 1420 g/mol. The molecule has 0 amide bonds. The fraction of sp³-hybridized carbons (Fsp3) is 0.635. The van der Waals surface area contributed by atoms with Crippen LogP contribution in [0.5, 0.6) is 17.2 Å². The lowest BCUT2D eigenvalue weighted by Gasteiger charge is -2.54. The Bertz CT molecular complexity index is 3690. The molecule has 0 aromatic heterocycles. The lowest BCUT2D eigenvalue weighted by molar-refractivity contribution is 0.0320. The third-order valence-corrected chi connectivity index (χ3v) is 27.8. The minimum absolute atomic E-state index is 0.162. The van der Waals surface area contributed by atoms with Gasteiger partial charge in [-0.2, -0.15) is 0 Å². The standard InChI is InChI=1S/C31H42F2O.C29H46F2O.C26H42.C18H18O4/c1-4-6-7-8-9-23(3)34-29-27(32)21-25(22-28(29)33)24-10-12-26(13-11-24)31-18-15-30(14-5-2,16-19-31)17-20-31;1-4-6-7-8-10-21(3)32-29-27(30)19-26(20-28(29)31)25-17-15-24(16-18-25)23-13-11-22(9-5-2)12-14-23;1-4-6-21-7-11-23(12-8-21)25-15-17-26(18-16-25)24-13-9-22(10-14-24)19-20(3)5-2;1-12(2)21-17(19)15-8-10-16(11-9-15)22-18(20)14-6-4-13(3)5-7-14/h10-13,21-23H,4-9,14-20H2,1-3H3;19-25H,4-18H2,1-3H3;9-10,13-14,20-21,23,25-26H,4-8,11-12,15-19H2,1-3H3;4-12H,1-3H3. The highest BCUT2D eigenvalue weighted by atomic mass is 19.1. The van der Waals surface area contributed by atoms with Gasteiger partial charge < -0.3 is 18.9 Å². The zero-order valence-electron chi connectivity index (χ0n) is 72.7. The zero-order chi connectivity index (χ0) is 81.6. The van der Waals surface area contributed by atoms with E-state index in [2.05, 4.69) is 84.9 Å². The van der Waals surface area contributed by atoms with Crippen molar-refractivity contribution >= 4 is 11.9 Å². The highest BCUT2D eigenvalue weighted by molar-refractivity contribution is 5.92. The predicted octanol–water partition coefficient (Wildman–Crippen LogP) is 31.3. The smallest absolute Gasteiger partial charge is 0.343 e. The number of hydrogen-bond acceptors (Lipinski definition) is 6. The van der Waals surface area contributed by atoms with E-state index in [0.29, 0.717) is 33.3 Å². The summed E-state index contributed by atoms with van der Waals surface area (Å²) < 4.78 is 80.9. The topological polar surface area (TPSA) is 71.1 Å². The van der Waals surface area contributed by atoms with Gasteiger partial charge in [-0.05, 0) is 347 Å². The Morgan fingerprint density at radius 2 is 0.860 bits per heavy atom. The van der Waals surface area contributed by atoms with Gasteiger partial charge in [0.25, 0.3) is 0 Å². The number of esters is 2. The maximum absolute atomic E-state index is 14.8. The first-order chi connectivity index (χ1) is 55.1. The van der Waals surface area contributed by atoms with Gasteiger partial charge in [-0.25, -0.2) is 27.2 Å². The molecule has 0 saturated heterocycles. The second kappa shape index (κ2) is 46.7. The van der Waals surface area contributed by atoms with Crippen LogP contribution in [-0.4, -0.2) is 30.3 Å². The molecule has 3 atom stereocenters. The van der Waals surface area contributed by atoms with Crippen LogP contribution in [0.1, 0.15) is 387 Å². The van der Waals surface area contributed by atoms with Crippen LogP contribution in [0.2, 0.25) is 0 Å². The zero-order valence-corrected chi connectivity index (χ0v) is 72.7. The fourth-order valence-electron chi connectivity index (χ4n) is 20.5. The molecule has 0 radical (unpaired) electrons. The Morgan fingerprint density at radius 3 is 1.29 bits per heavy atom. The van der Waals surface area contributed by atoms with Gasteiger partial charge in [-0.1, -0.05) is 217 Å². The number of halogens is 4. The number of benzene rings is 6. The van der Waals surface area contributed by atoms with Gasteiger partial charge in [-0.15, -0.1) is 0 Å². The van der Waals surface area contributed by atoms with Crippen LogP contribution in [0.25, 0.3) is 11.1 Å². The molecule has 3 unspecified atom stereocenters. The fourth-order valence-corrected chi connectivity index (χ4v) is 20.5. The number of aryl methyl sites for hydroxylation is 1. The Balaban J connectivity index is 0.000000176. The van der Waals surface area contributed by atoms with E-state index in [1.54, 1.807) is 67.9 Å². The molecule has 628 valence electrons. The number of hydrogen-bond donors (Lipinski definition) is 0. The maximum Gasteiger partial charge on any atom is 0.343 e. The molecule has 6 nitrogen and oxygen atoms in total. The van der Waals surface area contributed by atoms with Gasteiger partial charge in [0.05, 0.1) is 29.4 Å². The van der Waals surface area contributed by atoms with E-state index in [1.165, 1.54) is 229 Å². The van der Waals surface area contributed by atoms with Gasteiger partial charge in [-0.3, -0.25) is 0 Å². The minimum Gasteiger partial charge on any atom is -0.485 e. The quantitative estimate of drug-likeness (QED) is 0.0177. The Labute approximate surface area is 688 Å². The van der Waals surface area contributed by atoms with Crippen LogP contribution in [0.15, 0.2) is 121 Å². The number of unbranched alkanes of at least 4 members (excludes halogenated alkanes) is 6. The first kappa shape index (κ1) is 91.5. The summed E-state index contributed by atoms with van der Waals surface area (Å²) in [6.07, 6.45) is 50.9. The van der Waals surface area contributed by atoms with E-state index < -0.39 is 35.2 Å². The van der Waals surface area contributed by atoms with Crippen molar-refractivity contribution in [2.45, 2.75) is 375 Å². The molecule has 7 saturated carbocycles. The van der Waals surface area contributed by atoms with Gasteiger partial charge >= 0.3 is 11.9 Å². The lowest BCUT2D eigenvalue weighted by Crippen LogP contribution is -2.44. The molecule has 0 heterocycles. The van der Waals surface area contributed by atoms with Crippen LogP contribution >= 0.6 is 0 Å². The minimum atomic E-state index is -0.620. The van der Waals surface area contributed by atoms with Crippen LogP contribution < -0.4 is 14.2 Å². The average Bonchev–Trinajstić information content (AvgIpc) is 0.745. The Morgan fingerprint density at radius 1 is 0.430 bits per heavy atom. The average molecular weight is 1570 g/mol. The van der Waals surface area contributed by atoms with Crippen LogP contribution in [0.3, 0.4) is 0 Å². The van der Waals surface area contributed by atoms with Crippen molar-refractivity contribution in [3.05, 3.63) is 184 Å². The summed E-state index contributed by atoms with van der Waals surface area (Å²) in [6, 6.07) is 37.5. The second-order valence-electron chi connectivity index (χ2n) is 36.8. The molecule has 6 aromatic carbocycles. The van der Waals surface area contributed by atoms with Crippen LogP contribution in [0, 0.1) is 77.0 Å². The van der Waals surface area contributed by atoms with E-state index in [4.69, 9.17) is 18.9 Å². The van der Waals surface area contributed by atoms with Crippen molar-refractivity contribution in [2.75, 3.05) is 0 Å². The first-order valence-corrected chi connectivity index (χ1v) is 46.2. The van der Waals surface area contributed by atoms with Gasteiger partial charge in [0.2, 0.25) is 0 Å². The van der Waals surface area contributed by atoms with Crippen molar-refractivity contribution in [3.8, 4) is 28.4 Å². The number of rotatable bonds is 33. The van der Waals surface area contributed by atoms with Crippen molar-refractivity contribution in [3.63, 3.8) is 0 Å². The van der Waals surface area contributed by atoms with E-state index in [0.717, 1.165) is 115 Å². The van der Waals surface area contributed by atoms with Crippen molar-refractivity contribution in [1.82, 2.24) is 0 Å². The summed E-state index contributed by atoms with van der Waals surface area (Å²) in [6.45, 7) is 25.3. The molecule has 0 N–H and O–H groups in total. The highest BCUT2D eigenvalue weighted by Gasteiger charge is 2.49. The third-order valence-electron chi connectivity index (χ3n) is 27.8. The molecule has 6 aromatic rings. The van der Waals surface area contributed by atoms with E-state index >= 15 is 0 Å². The predicted molar refractivity (Wildman–Crippen MR) is 465 cm³/mol. The van der Waals surface area contributed by atoms with Crippen molar-refractivity contribution in [1.29, 1.82) is 0 Å². The summed E-state index contributed by atoms with van der Waals surface area (Å²) in [5, 5.41) is 0. The second-order valence-corrected chi connectivity index (χ2v) is 36.8. The summed E-state index contributed by atoms with van der Waals surface area (Å²) in [5.41, 5.74) is 9.66. The van der Waals surface area contributed by atoms with Crippen molar-refractivity contribution < 1.29 is 46.1 Å². The normalized spacial score (nSPS) is 24.1. The van der Waals surface area contributed by atoms with E-state index in [1.807, 2.05) is 45.0 Å². The van der Waals surface area contributed by atoms with E-state index in [9.17, 15) is 27.2 Å². The molecule has 114 heavy (non-hydrogen) atoms. The third kappa shape index (κ3) is 27.6. The summed E-state index contributed by atoms with van der Waals surface area (Å²) in [4.78, 5) is 23.7. The lowest BCUT2D eigenvalue weighted by atomic mass is 9.51. The number of fused-ring (bicyclic) bond motifs is 3. The van der Waals surface area contributed by atoms with E-state index in [-0.39, 0.29) is 35.7 Å². The van der Waals surface area contributed by atoms with Gasteiger partial charge in [0.1, 0.15) is 5.75 Å². The number of ether oxygens (including phenoxy) is 4. The molecule has 0 aliphatic heterocycles.